The molecule has 44 heavy (non-hydrogen) atoms. The van der Waals surface area contributed by atoms with E-state index in [2.05, 4.69) is 20.6 Å². The third-order valence-corrected chi connectivity index (χ3v) is 8.62. The van der Waals surface area contributed by atoms with Gasteiger partial charge in [-0.25, -0.2) is 19.7 Å². The topological polar surface area (TPSA) is 131 Å². The average Bonchev–Trinajstić information content (AvgIpc) is 3.83. The van der Waals surface area contributed by atoms with Crippen LogP contribution < -0.4 is 16.4 Å². The number of nitrogens with one attached hydrogen (secondary N) is 2. The van der Waals surface area contributed by atoms with Gasteiger partial charge >= 0.3 is 6.03 Å². The molecule has 4 heterocycles. The Labute approximate surface area is 259 Å². The molecule has 0 radical (unpaired) electrons. The molecule has 0 bridgehead atoms. The quantitative estimate of drug-likeness (QED) is 0.200. The number of urea groups is 1. The summed E-state index contributed by atoms with van der Waals surface area (Å²) in [6.45, 7) is 1.13. The van der Waals surface area contributed by atoms with Crippen LogP contribution in [0, 0.1) is 0 Å². The molecule has 0 spiro atoms. The zero-order valence-electron chi connectivity index (χ0n) is 23.9. The van der Waals surface area contributed by atoms with Crippen molar-refractivity contribution in [2.45, 2.75) is 37.5 Å². The number of hydrogen-bond donors (Lipinski definition) is 3. The Bertz CT molecular complexity index is 1870. The number of benzene rings is 2. The Kier molecular flexibility index (Phi) is 7.35. The lowest BCUT2D eigenvalue weighted by molar-refractivity contribution is 0.102. The van der Waals surface area contributed by atoms with E-state index in [1.54, 1.807) is 41.6 Å². The SMILES string of the molecule is Nc1nccn2c([C@@H]3CCCN(C(=O)Nc4ccccc4Cl)C3)nc(-c3ccc(C(=O)Nc4cc(C5CC5)ccn4)cc3)c12. The number of carbonyl (C=O) groups excluding carboxylic acids is 2. The van der Waals surface area contributed by atoms with Crippen LogP contribution in [0.2, 0.25) is 5.02 Å². The highest BCUT2D eigenvalue weighted by molar-refractivity contribution is 6.33. The fourth-order valence-corrected chi connectivity index (χ4v) is 6.04. The van der Waals surface area contributed by atoms with Crippen molar-refractivity contribution in [2.24, 2.45) is 0 Å². The van der Waals surface area contributed by atoms with Gasteiger partial charge in [-0.3, -0.25) is 9.20 Å². The number of nitrogens with two attached hydrogens (primary N) is 1. The van der Waals surface area contributed by atoms with Crippen LogP contribution in [-0.4, -0.2) is 49.3 Å². The summed E-state index contributed by atoms with van der Waals surface area (Å²) in [5, 5.41) is 6.33. The third-order valence-electron chi connectivity index (χ3n) is 8.29. The largest absolute Gasteiger partial charge is 0.382 e. The number of aromatic nitrogens is 4. The van der Waals surface area contributed by atoms with Crippen LogP contribution in [-0.2, 0) is 0 Å². The number of piperidine rings is 1. The smallest absolute Gasteiger partial charge is 0.321 e. The summed E-state index contributed by atoms with van der Waals surface area (Å²) in [6.07, 6.45) is 9.30. The first-order valence-electron chi connectivity index (χ1n) is 14.7. The van der Waals surface area contributed by atoms with Crippen molar-refractivity contribution in [2.75, 3.05) is 29.5 Å². The van der Waals surface area contributed by atoms with Crippen molar-refractivity contribution in [1.82, 2.24) is 24.3 Å². The van der Waals surface area contributed by atoms with E-state index in [4.69, 9.17) is 22.3 Å². The standard InChI is InChI=1S/C33H31ClN8O2/c34-25-5-1-2-6-26(25)38-33(44)41-16-3-4-24(19-41)31-40-28(29-30(35)37-15-17-42(29)31)21-9-11-22(12-10-21)32(43)39-27-18-23(13-14-36-27)20-7-8-20/h1-2,5-6,9-15,17-18,20,24H,3-4,7-8,16,19H2,(H2,35,37)(H,38,44)(H,36,39,43)/t24-/m1/s1. The van der Waals surface area contributed by atoms with Crippen LogP contribution in [0.25, 0.3) is 16.8 Å². The monoisotopic (exact) mass is 606 g/mol. The van der Waals surface area contributed by atoms with Crippen LogP contribution >= 0.6 is 11.6 Å². The maximum atomic E-state index is 13.2. The number of imidazole rings is 1. The number of carbonyl (C=O) groups is 2. The van der Waals surface area contributed by atoms with Gasteiger partial charge in [0, 0.05) is 48.7 Å². The van der Waals surface area contributed by atoms with Gasteiger partial charge in [0.25, 0.3) is 5.91 Å². The summed E-state index contributed by atoms with van der Waals surface area (Å²) in [6, 6.07) is 18.2. The highest BCUT2D eigenvalue weighted by Gasteiger charge is 2.30. The lowest BCUT2D eigenvalue weighted by atomic mass is 9.97. The second-order valence-corrected chi connectivity index (χ2v) is 11.7. The van der Waals surface area contributed by atoms with E-state index in [0.717, 1.165) is 24.2 Å². The predicted molar refractivity (Wildman–Crippen MR) is 171 cm³/mol. The highest BCUT2D eigenvalue weighted by Crippen LogP contribution is 2.40. The first kappa shape index (κ1) is 27.8. The molecule has 10 nitrogen and oxygen atoms in total. The molecular weight excluding hydrogens is 576 g/mol. The molecule has 1 atom stereocenters. The molecule has 7 rings (SSSR count). The van der Waals surface area contributed by atoms with Gasteiger partial charge in [-0.05, 0) is 73.6 Å². The zero-order valence-corrected chi connectivity index (χ0v) is 24.7. The number of halogens is 1. The molecule has 1 saturated carbocycles. The molecule has 5 aromatic rings. The van der Waals surface area contributed by atoms with Gasteiger partial charge in [0.15, 0.2) is 0 Å². The van der Waals surface area contributed by atoms with Gasteiger partial charge in [0.2, 0.25) is 0 Å². The molecule has 4 N–H and O–H groups in total. The van der Waals surface area contributed by atoms with E-state index in [9.17, 15) is 9.59 Å². The summed E-state index contributed by atoms with van der Waals surface area (Å²) in [5.74, 6) is 2.04. The normalized spacial score (nSPS) is 16.6. The van der Waals surface area contributed by atoms with Crippen molar-refractivity contribution >= 4 is 46.4 Å². The number of pyridine rings is 1. The molecule has 0 unspecified atom stereocenters. The van der Waals surface area contributed by atoms with Gasteiger partial charge in [0.05, 0.1) is 10.7 Å². The van der Waals surface area contributed by atoms with Crippen molar-refractivity contribution < 1.29 is 9.59 Å². The van der Waals surface area contributed by atoms with Crippen LogP contribution in [0.4, 0.5) is 22.1 Å². The van der Waals surface area contributed by atoms with E-state index in [-0.39, 0.29) is 17.9 Å². The second kappa shape index (κ2) is 11.6. The van der Waals surface area contributed by atoms with Crippen LogP contribution in [0.3, 0.4) is 0 Å². The first-order chi connectivity index (χ1) is 21.4. The lowest BCUT2D eigenvalue weighted by Gasteiger charge is -2.32. The Morgan fingerprint density at radius 1 is 0.932 bits per heavy atom. The van der Waals surface area contributed by atoms with Crippen molar-refractivity contribution in [3.05, 3.63) is 101 Å². The van der Waals surface area contributed by atoms with Gasteiger partial charge in [-0.15, -0.1) is 0 Å². The second-order valence-electron chi connectivity index (χ2n) is 11.3. The Balaban J connectivity index is 1.12. The Hall–Kier alpha value is -4.96. The van der Waals surface area contributed by atoms with E-state index < -0.39 is 0 Å². The van der Waals surface area contributed by atoms with Gasteiger partial charge < -0.3 is 21.3 Å². The number of rotatable bonds is 6. The number of nitrogen functional groups attached to an aromatic ring is 1. The number of nitrogens with zero attached hydrogens (tertiary/aromatic N) is 5. The fourth-order valence-electron chi connectivity index (χ4n) is 5.86. The minimum absolute atomic E-state index is 0.0206. The molecule has 1 aliphatic carbocycles. The third kappa shape index (κ3) is 5.56. The number of amides is 3. The number of fused-ring (bicyclic) bond motifs is 1. The number of likely N-dealkylation sites (tertiary alicyclic amines) is 1. The Morgan fingerprint density at radius 2 is 1.75 bits per heavy atom. The summed E-state index contributed by atoms with van der Waals surface area (Å²) >= 11 is 6.26. The fraction of sp³-hybridized carbons (Fsp3) is 0.242. The molecule has 2 fully saturated rings. The summed E-state index contributed by atoms with van der Waals surface area (Å²) < 4.78 is 1.97. The predicted octanol–water partition coefficient (Wildman–Crippen LogP) is 6.57. The molecule has 3 amide bonds. The zero-order chi connectivity index (χ0) is 30.2. The number of para-hydroxylation sites is 1. The molecule has 3 aromatic heterocycles. The highest BCUT2D eigenvalue weighted by atomic mass is 35.5. The lowest BCUT2D eigenvalue weighted by Crippen LogP contribution is -2.42. The molecular formula is C33H31ClN8O2. The maximum absolute atomic E-state index is 13.2. The van der Waals surface area contributed by atoms with Crippen molar-refractivity contribution in [3.63, 3.8) is 0 Å². The van der Waals surface area contributed by atoms with Crippen LogP contribution in [0.5, 0.6) is 0 Å². The summed E-state index contributed by atoms with van der Waals surface area (Å²) in [4.78, 5) is 41.7. The summed E-state index contributed by atoms with van der Waals surface area (Å²) in [7, 11) is 0. The van der Waals surface area contributed by atoms with Crippen molar-refractivity contribution in [1.29, 1.82) is 0 Å². The van der Waals surface area contributed by atoms with Crippen molar-refractivity contribution in [3.8, 4) is 11.3 Å². The minimum atomic E-state index is -0.231. The van der Waals surface area contributed by atoms with E-state index in [1.165, 1.54) is 18.4 Å². The van der Waals surface area contributed by atoms with Crippen LogP contribution in [0.1, 0.15) is 59.3 Å². The van der Waals surface area contributed by atoms with Gasteiger partial charge in [0.1, 0.15) is 28.7 Å². The molecule has 1 aliphatic heterocycles. The average molecular weight is 607 g/mol. The molecule has 222 valence electrons. The molecule has 2 aromatic carbocycles. The van der Waals surface area contributed by atoms with Gasteiger partial charge in [-0.2, -0.15) is 0 Å². The van der Waals surface area contributed by atoms with E-state index >= 15 is 0 Å². The van der Waals surface area contributed by atoms with E-state index in [0.29, 0.717) is 58.1 Å². The van der Waals surface area contributed by atoms with E-state index in [1.807, 2.05) is 47.0 Å². The van der Waals surface area contributed by atoms with Gasteiger partial charge in [-0.1, -0.05) is 35.9 Å². The number of hydrogen-bond acceptors (Lipinski definition) is 6. The molecule has 2 aliphatic rings. The molecule has 11 heteroatoms. The maximum Gasteiger partial charge on any atom is 0.321 e. The summed E-state index contributed by atoms with van der Waals surface area (Å²) in [5.41, 5.74) is 10.9. The Morgan fingerprint density at radius 3 is 2.55 bits per heavy atom. The molecule has 1 saturated heterocycles. The number of anilines is 3. The van der Waals surface area contributed by atoms with Crippen LogP contribution in [0.15, 0.2) is 79.3 Å². The first-order valence-corrected chi connectivity index (χ1v) is 15.1. The minimum Gasteiger partial charge on any atom is -0.382 e.